The number of aliphatic imine (C=N–C) groups is 1. The lowest BCUT2D eigenvalue weighted by Crippen LogP contribution is -2.08. The van der Waals surface area contributed by atoms with Gasteiger partial charge in [-0.2, -0.15) is 0 Å². The fraction of sp³-hybridized carbons (Fsp3) is 0.538. The number of rotatable bonds is 6. The van der Waals surface area contributed by atoms with E-state index in [2.05, 4.69) is 24.6 Å². The molecule has 0 rings (SSSR count). The van der Waals surface area contributed by atoms with Crippen LogP contribution in [0.5, 0.6) is 0 Å². The van der Waals surface area contributed by atoms with Crippen LogP contribution in [0.3, 0.4) is 0 Å². The summed E-state index contributed by atoms with van der Waals surface area (Å²) in [6.45, 7) is 11.4. The van der Waals surface area contributed by atoms with Gasteiger partial charge in [-0.25, -0.2) is 0 Å². The molecule has 0 aliphatic carbocycles. The molecule has 0 aliphatic heterocycles. The monoisotopic (exact) mass is 223 g/mol. The zero-order chi connectivity index (χ0) is 12.6. The van der Waals surface area contributed by atoms with E-state index in [1.165, 1.54) is 6.92 Å². The van der Waals surface area contributed by atoms with Crippen molar-refractivity contribution in [2.24, 2.45) is 4.99 Å². The van der Waals surface area contributed by atoms with Crippen LogP contribution in [0, 0.1) is 0 Å². The highest BCUT2D eigenvalue weighted by molar-refractivity contribution is 5.86. The minimum atomic E-state index is -0.293. The van der Waals surface area contributed by atoms with Gasteiger partial charge in [0.2, 0.25) is 0 Å². The molecule has 0 fully saturated rings. The van der Waals surface area contributed by atoms with Crippen LogP contribution in [0.15, 0.2) is 28.9 Å². The number of carbonyl (C=O) groups excluding carboxylic acids is 1. The molecule has 3 heteroatoms. The fourth-order valence-electron chi connectivity index (χ4n) is 1.04. The van der Waals surface area contributed by atoms with E-state index in [0.717, 1.165) is 29.8 Å². The Morgan fingerprint density at radius 1 is 1.38 bits per heavy atom. The Balaban J connectivity index is 4.29. The second-order valence-electron chi connectivity index (χ2n) is 3.75. The van der Waals surface area contributed by atoms with Gasteiger partial charge in [0.1, 0.15) is 6.61 Å². The van der Waals surface area contributed by atoms with Crippen molar-refractivity contribution in [2.45, 2.75) is 40.5 Å². The van der Waals surface area contributed by atoms with Crippen LogP contribution in [-0.4, -0.2) is 18.3 Å². The van der Waals surface area contributed by atoms with Gasteiger partial charge in [0.25, 0.3) is 0 Å². The van der Waals surface area contributed by atoms with Crippen molar-refractivity contribution in [3.8, 4) is 0 Å². The van der Waals surface area contributed by atoms with Crippen molar-refractivity contribution >= 4 is 11.7 Å². The fourth-order valence-corrected chi connectivity index (χ4v) is 1.04. The van der Waals surface area contributed by atoms with Crippen LogP contribution < -0.4 is 0 Å². The maximum absolute atomic E-state index is 10.6. The molecule has 0 heterocycles. The van der Waals surface area contributed by atoms with Crippen molar-refractivity contribution in [1.82, 2.24) is 0 Å². The van der Waals surface area contributed by atoms with Crippen LogP contribution in [-0.2, 0) is 9.53 Å². The van der Waals surface area contributed by atoms with Gasteiger partial charge in [-0.3, -0.25) is 9.79 Å². The van der Waals surface area contributed by atoms with Gasteiger partial charge < -0.3 is 4.74 Å². The quantitative estimate of drug-likeness (QED) is 0.394. The molecule has 0 bridgehead atoms. The Morgan fingerprint density at radius 2 is 2.00 bits per heavy atom. The Kier molecular flexibility index (Phi) is 7.18. The van der Waals surface area contributed by atoms with Crippen LogP contribution in [0.2, 0.25) is 0 Å². The molecule has 0 aromatic carbocycles. The van der Waals surface area contributed by atoms with Crippen LogP contribution >= 0.6 is 0 Å². The highest BCUT2D eigenvalue weighted by Gasteiger charge is 1.98. The molecule has 0 aromatic rings. The smallest absolute Gasteiger partial charge is 0.303 e. The third-order valence-electron chi connectivity index (χ3n) is 2.00. The molecular formula is C13H21NO2. The number of esters is 1. The summed E-state index contributed by atoms with van der Waals surface area (Å²) in [6.07, 6.45) is 4.26. The molecule has 0 radical (unpaired) electrons. The molecular weight excluding hydrogens is 202 g/mol. The van der Waals surface area contributed by atoms with E-state index in [4.69, 9.17) is 4.74 Å². The Morgan fingerprint density at radius 3 is 2.50 bits per heavy atom. The van der Waals surface area contributed by atoms with Crippen molar-refractivity contribution < 1.29 is 9.53 Å². The van der Waals surface area contributed by atoms with E-state index in [-0.39, 0.29) is 12.6 Å². The average molecular weight is 223 g/mol. The topological polar surface area (TPSA) is 38.7 Å². The largest absolute Gasteiger partial charge is 0.460 e. The predicted octanol–water partition coefficient (Wildman–Crippen LogP) is 3.27. The number of allylic oxidation sites excluding steroid dienone is 2. The first kappa shape index (κ1) is 14.6. The van der Waals surface area contributed by atoms with E-state index in [9.17, 15) is 4.79 Å². The average Bonchev–Trinajstić information content (AvgIpc) is 2.22. The SMILES string of the molecule is C=C(/N=C(\C)COC(C)=O)/C(C)=C\CCC. The third kappa shape index (κ3) is 6.98. The molecule has 0 aromatic heterocycles. The summed E-state index contributed by atoms with van der Waals surface area (Å²) in [5.41, 5.74) is 2.56. The number of hydrogen-bond donors (Lipinski definition) is 0. The lowest BCUT2D eigenvalue weighted by molar-refractivity contribution is -0.139. The molecule has 3 nitrogen and oxygen atoms in total. The van der Waals surface area contributed by atoms with Gasteiger partial charge in [0.05, 0.1) is 11.4 Å². The molecule has 16 heavy (non-hydrogen) atoms. The van der Waals surface area contributed by atoms with Gasteiger partial charge in [0, 0.05) is 6.92 Å². The Labute approximate surface area is 97.9 Å². The summed E-state index contributed by atoms with van der Waals surface area (Å²) in [6, 6.07) is 0. The number of carbonyl (C=O) groups is 1. The normalized spacial score (nSPS) is 12.5. The Bertz CT molecular complexity index is 314. The summed E-state index contributed by atoms with van der Waals surface area (Å²) in [4.78, 5) is 14.9. The summed E-state index contributed by atoms with van der Waals surface area (Å²) < 4.78 is 4.84. The van der Waals surface area contributed by atoms with Crippen molar-refractivity contribution in [3.63, 3.8) is 0 Å². The van der Waals surface area contributed by atoms with Gasteiger partial charge in [-0.05, 0) is 25.8 Å². The van der Waals surface area contributed by atoms with Gasteiger partial charge >= 0.3 is 5.97 Å². The van der Waals surface area contributed by atoms with Crippen molar-refractivity contribution in [3.05, 3.63) is 23.9 Å². The van der Waals surface area contributed by atoms with Crippen LogP contribution in [0.1, 0.15) is 40.5 Å². The Hall–Kier alpha value is -1.38. The molecule has 90 valence electrons. The van der Waals surface area contributed by atoms with Gasteiger partial charge in [-0.1, -0.05) is 26.0 Å². The van der Waals surface area contributed by atoms with Gasteiger partial charge in [0.15, 0.2) is 0 Å². The lowest BCUT2D eigenvalue weighted by atomic mass is 10.2. The molecule has 0 saturated carbocycles. The molecule has 0 aliphatic rings. The number of nitrogens with zero attached hydrogens (tertiary/aromatic N) is 1. The van der Waals surface area contributed by atoms with Crippen molar-refractivity contribution in [2.75, 3.05) is 6.61 Å². The second kappa shape index (κ2) is 7.85. The molecule has 0 atom stereocenters. The minimum absolute atomic E-state index is 0.232. The minimum Gasteiger partial charge on any atom is -0.460 e. The molecule has 0 unspecified atom stereocenters. The predicted molar refractivity (Wildman–Crippen MR) is 67.5 cm³/mol. The first-order valence-corrected chi connectivity index (χ1v) is 5.51. The number of hydrogen-bond acceptors (Lipinski definition) is 3. The molecule has 0 amide bonds. The zero-order valence-corrected chi connectivity index (χ0v) is 10.7. The number of unbranched alkanes of at least 4 members (excludes halogenated alkanes) is 1. The van der Waals surface area contributed by atoms with E-state index in [1.54, 1.807) is 0 Å². The maximum Gasteiger partial charge on any atom is 0.303 e. The summed E-state index contributed by atoms with van der Waals surface area (Å²) in [5, 5.41) is 0. The zero-order valence-electron chi connectivity index (χ0n) is 10.7. The second-order valence-corrected chi connectivity index (χ2v) is 3.75. The first-order valence-electron chi connectivity index (χ1n) is 5.51. The van der Waals surface area contributed by atoms with E-state index in [1.807, 2.05) is 13.8 Å². The number of ether oxygens (including phenoxy) is 1. The van der Waals surface area contributed by atoms with Crippen LogP contribution in [0.4, 0.5) is 0 Å². The molecule has 0 N–H and O–H groups in total. The van der Waals surface area contributed by atoms with E-state index >= 15 is 0 Å². The van der Waals surface area contributed by atoms with Crippen molar-refractivity contribution in [1.29, 1.82) is 0 Å². The third-order valence-corrected chi connectivity index (χ3v) is 2.00. The first-order chi connectivity index (χ1) is 7.47. The summed E-state index contributed by atoms with van der Waals surface area (Å²) >= 11 is 0. The summed E-state index contributed by atoms with van der Waals surface area (Å²) in [7, 11) is 0. The van der Waals surface area contributed by atoms with E-state index < -0.39 is 0 Å². The summed E-state index contributed by atoms with van der Waals surface area (Å²) in [5.74, 6) is -0.293. The van der Waals surface area contributed by atoms with E-state index in [0.29, 0.717) is 0 Å². The van der Waals surface area contributed by atoms with Crippen LogP contribution in [0.25, 0.3) is 0 Å². The molecule has 0 spiro atoms. The lowest BCUT2D eigenvalue weighted by Gasteiger charge is -2.04. The highest BCUT2D eigenvalue weighted by atomic mass is 16.5. The van der Waals surface area contributed by atoms with Gasteiger partial charge in [-0.15, -0.1) is 0 Å². The maximum atomic E-state index is 10.6. The highest BCUT2D eigenvalue weighted by Crippen LogP contribution is 2.10. The molecule has 0 saturated heterocycles. The standard InChI is InChI=1S/C13H21NO2/c1-6-7-8-10(2)12(4)14-11(3)9-16-13(5)15/h8H,4,6-7,9H2,1-3,5H3/b10-8-,14-11+.